The maximum atomic E-state index is 13.6. The predicted molar refractivity (Wildman–Crippen MR) is 222 cm³/mol. The Bertz CT molecular complexity index is 1870. The maximum Gasteiger partial charge on any atom is 0.407 e. The summed E-state index contributed by atoms with van der Waals surface area (Å²) in [6.45, 7) is 16.7. The summed E-state index contributed by atoms with van der Waals surface area (Å²) in [5, 5.41) is 10.1. The highest BCUT2D eigenvalue weighted by Crippen LogP contribution is 2.42. The van der Waals surface area contributed by atoms with Gasteiger partial charge >= 0.3 is 18.0 Å². The van der Waals surface area contributed by atoms with E-state index in [9.17, 15) is 37.2 Å². The Balaban J connectivity index is 1.99. The van der Waals surface area contributed by atoms with Gasteiger partial charge in [-0.05, 0) is 116 Å². The topological polar surface area (TPSA) is 272 Å². The summed E-state index contributed by atoms with van der Waals surface area (Å²) in [5.41, 5.74) is 7.58. The number of nitrogens with two attached hydrogens (primary N) is 1. The van der Waals surface area contributed by atoms with Crippen LogP contribution in [0.5, 0.6) is 5.75 Å². The van der Waals surface area contributed by atoms with Crippen LogP contribution in [0.4, 0.5) is 4.79 Å². The van der Waals surface area contributed by atoms with E-state index in [0.717, 1.165) is 23.6 Å². The van der Waals surface area contributed by atoms with Crippen LogP contribution in [0.1, 0.15) is 102 Å². The summed E-state index contributed by atoms with van der Waals surface area (Å²) >= 11 is 0. The Labute approximate surface area is 352 Å². The minimum absolute atomic E-state index is 0.0100. The van der Waals surface area contributed by atoms with Crippen molar-refractivity contribution >= 4 is 51.7 Å². The number of amides is 4. The molecule has 0 aromatic heterocycles. The van der Waals surface area contributed by atoms with Crippen molar-refractivity contribution in [2.75, 3.05) is 39.4 Å². The Morgan fingerprint density at radius 3 is 2.27 bits per heavy atom. The second-order valence-electron chi connectivity index (χ2n) is 15.8. The molecule has 0 radical (unpaired) electrons. The Morgan fingerprint density at radius 1 is 0.917 bits per heavy atom. The van der Waals surface area contributed by atoms with E-state index in [1.165, 1.54) is 0 Å². The fourth-order valence-corrected chi connectivity index (χ4v) is 7.59. The molecule has 60 heavy (non-hydrogen) atoms. The van der Waals surface area contributed by atoms with Crippen LogP contribution in [-0.2, 0) is 54.6 Å². The van der Waals surface area contributed by atoms with Crippen LogP contribution in [0.2, 0.25) is 0 Å². The van der Waals surface area contributed by atoms with Gasteiger partial charge in [0.1, 0.15) is 42.8 Å². The van der Waals surface area contributed by atoms with Crippen molar-refractivity contribution in [3.63, 3.8) is 0 Å². The van der Waals surface area contributed by atoms with E-state index in [2.05, 4.69) is 37.6 Å². The molecule has 0 saturated carbocycles. The number of carbonyl (C=O) groups excluding carboxylic acids is 6. The van der Waals surface area contributed by atoms with E-state index in [4.69, 9.17) is 24.7 Å². The lowest BCUT2D eigenvalue weighted by atomic mass is 9.88. The summed E-state index contributed by atoms with van der Waals surface area (Å²) in [6, 6.07) is -1.09. The average molecular weight is 866 g/mol. The molecule has 0 bridgehead atoms. The number of unbranched alkanes of at least 4 members (excludes halogenated alkanes) is 2. The van der Waals surface area contributed by atoms with Gasteiger partial charge in [-0.15, -0.1) is 0 Å². The third-order valence-corrected chi connectivity index (χ3v) is 10.7. The lowest BCUT2D eigenvalue weighted by Gasteiger charge is -2.35. The minimum atomic E-state index is -4.14. The summed E-state index contributed by atoms with van der Waals surface area (Å²) < 4.78 is 50.6. The minimum Gasteiger partial charge on any atom is -0.487 e. The van der Waals surface area contributed by atoms with E-state index in [1.807, 2.05) is 20.8 Å². The van der Waals surface area contributed by atoms with E-state index in [1.54, 1.807) is 34.6 Å². The Morgan fingerprint density at radius 2 is 1.60 bits per heavy atom. The maximum absolute atomic E-state index is 13.6. The molecule has 0 fully saturated rings. The van der Waals surface area contributed by atoms with E-state index < -0.39 is 70.5 Å². The molecule has 1 aliphatic rings. The number of alkyl carbamates (subject to hydrolysis) is 1. The zero-order valence-corrected chi connectivity index (χ0v) is 36.9. The largest absolute Gasteiger partial charge is 0.487 e. The smallest absolute Gasteiger partial charge is 0.407 e. The zero-order valence-electron chi connectivity index (χ0n) is 36.1. The third kappa shape index (κ3) is 17.8. The van der Waals surface area contributed by atoms with Gasteiger partial charge in [0.2, 0.25) is 23.7 Å². The number of hydrogen-bond acceptors (Lipinski definition) is 13. The van der Waals surface area contributed by atoms with Crippen molar-refractivity contribution in [3.8, 4) is 5.75 Å². The van der Waals surface area contributed by atoms with Crippen LogP contribution in [0.15, 0.2) is 22.5 Å². The molecular formula is C40H63N7O12S. The van der Waals surface area contributed by atoms with Gasteiger partial charge in [0.25, 0.3) is 10.0 Å². The highest BCUT2D eigenvalue weighted by Gasteiger charge is 2.34. The Kier molecular flexibility index (Phi) is 19.8. The van der Waals surface area contributed by atoms with E-state index in [-0.39, 0.29) is 62.0 Å². The SMILES string of the molecule is C=CC(=O)OCCOC(=O)NCCCCCC(=O)N[C@@H](CCCN=C(N)NS(=O)(=O)c1c(C)c(C)c2c(c1C)CCC(C)(C)O2)C(=O)NCC(=O)NCC(=O)OC(C)(C)C. The third-order valence-electron chi connectivity index (χ3n) is 9.11. The molecule has 0 spiro atoms. The number of sulfonamides is 1. The van der Waals surface area contributed by atoms with Crippen molar-refractivity contribution in [1.29, 1.82) is 0 Å². The van der Waals surface area contributed by atoms with Crippen molar-refractivity contribution < 1.29 is 56.1 Å². The van der Waals surface area contributed by atoms with Gasteiger partial charge in [-0.3, -0.25) is 24.2 Å². The molecule has 1 aromatic carbocycles. The van der Waals surface area contributed by atoms with Gasteiger partial charge in [0.15, 0.2) is 0 Å². The summed E-state index contributed by atoms with van der Waals surface area (Å²) in [6.07, 6.45) is 3.48. The lowest BCUT2D eigenvalue weighted by Crippen LogP contribution is -2.49. The number of ether oxygens (including phenoxy) is 4. The van der Waals surface area contributed by atoms with Crippen LogP contribution in [0.25, 0.3) is 0 Å². The molecule has 4 amide bonds. The van der Waals surface area contributed by atoms with E-state index in [0.29, 0.717) is 42.6 Å². The molecule has 1 atom stereocenters. The summed E-state index contributed by atoms with van der Waals surface area (Å²) in [4.78, 5) is 77.5. The molecular weight excluding hydrogens is 803 g/mol. The predicted octanol–water partition coefficient (Wildman–Crippen LogP) is 2.16. The number of fused-ring (bicyclic) bond motifs is 1. The standard InChI is InChI=1S/C40H63N7O12S/c1-10-32(50)56-21-22-57-38(53)43-19-13-11-12-16-30(48)46-29(36(52)45-23-31(49)44-24-33(51)58-39(5,6)7)15-14-20-42-37(41)47-60(54,55)35-26(3)25(2)34-28(27(35)4)17-18-40(8,9)59-34/h10,29H,1,11-24H2,2-9H3,(H,43,53)(H,44,49)(H,45,52)(H,46,48)(H3,41,42,47)/t29-/m0/s1. The molecule has 1 aromatic rings. The van der Waals surface area contributed by atoms with Crippen LogP contribution in [0.3, 0.4) is 0 Å². The van der Waals surface area contributed by atoms with Gasteiger partial charge in [-0.2, -0.15) is 0 Å². The highest BCUT2D eigenvalue weighted by molar-refractivity contribution is 7.90. The molecule has 336 valence electrons. The fraction of sp³-hybridized carbons (Fsp3) is 0.625. The number of hydrogen-bond donors (Lipinski definition) is 6. The first-order valence-electron chi connectivity index (χ1n) is 19.9. The number of aliphatic imine (C=N–C) groups is 1. The first kappa shape index (κ1) is 50.7. The van der Waals surface area contributed by atoms with Crippen molar-refractivity contribution in [3.05, 3.63) is 34.9 Å². The molecule has 0 aliphatic carbocycles. The quantitative estimate of drug-likeness (QED) is 0.0244. The molecule has 20 heteroatoms. The fourth-order valence-electron chi connectivity index (χ4n) is 6.07. The monoisotopic (exact) mass is 865 g/mol. The number of carbonyl (C=O) groups is 6. The molecule has 2 rings (SSSR count). The number of nitrogens with zero attached hydrogens (tertiary/aromatic N) is 1. The molecule has 7 N–H and O–H groups in total. The first-order chi connectivity index (χ1) is 28.0. The van der Waals surface area contributed by atoms with Crippen LogP contribution in [0, 0.1) is 20.8 Å². The molecule has 0 unspecified atom stereocenters. The molecule has 0 saturated heterocycles. The van der Waals surface area contributed by atoms with Gasteiger partial charge < -0.3 is 45.9 Å². The zero-order chi connectivity index (χ0) is 45.3. The number of esters is 2. The van der Waals surface area contributed by atoms with Crippen LogP contribution in [-0.4, -0.2) is 107 Å². The number of guanidine groups is 1. The molecule has 19 nitrogen and oxygen atoms in total. The number of rotatable bonds is 22. The number of nitrogens with one attached hydrogen (secondary N) is 5. The first-order valence-corrected chi connectivity index (χ1v) is 21.3. The van der Waals surface area contributed by atoms with E-state index >= 15 is 0 Å². The lowest BCUT2D eigenvalue weighted by molar-refractivity contribution is -0.154. The summed E-state index contributed by atoms with van der Waals surface area (Å²) in [7, 11) is -4.14. The van der Waals surface area contributed by atoms with Crippen LogP contribution >= 0.6 is 0 Å². The molecule has 1 aliphatic heterocycles. The summed E-state index contributed by atoms with van der Waals surface area (Å²) in [5.74, 6) is -2.72. The Hall–Kier alpha value is -5.40. The van der Waals surface area contributed by atoms with Gasteiger partial charge in [-0.25, -0.2) is 22.7 Å². The number of benzene rings is 1. The average Bonchev–Trinajstić information content (AvgIpc) is 3.14. The van der Waals surface area contributed by atoms with Gasteiger partial charge in [-0.1, -0.05) is 13.0 Å². The van der Waals surface area contributed by atoms with Crippen molar-refractivity contribution in [2.45, 2.75) is 129 Å². The van der Waals surface area contributed by atoms with Crippen LogP contribution < -0.4 is 36.5 Å². The molecule has 1 heterocycles. The normalized spacial score (nSPS) is 14.0. The second-order valence-corrected chi connectivity index (χ2v) is 17.5. The van der Waals surface area contributed by atoms with Gasteiger partial charge in [0, 0.05) is 25.6 Å². The van der Waals surface area contributed by atoms with Crippen molar-refractivity contribution in [1.82, 2.24) is 26.0 Å². The van der Waals surface area contributed by atoms with Gasteiger partial charge in [0.05, 0.1) is 11.4 Å². The van der Waals surface area contributed by atoms with Crippen molar-refractivity contribution in [2.24, 2.45) is 10.7 Å². The highest BCUT2D eigenvalue weighted by atomic mass is 32.2. The second kappa shape index (κ2) is 23.4.